The lowest BCUT2D eigenvalue weighted by molar-refractivity contribution is 0.195. The summed E-state index contributed by atoms with van der Waals surface area (Å²) >= 11 is 0. The number of benzene rings is 2. The Morgan fingerprint density at radius 3 is 2.43 bits per heavy atom. The molecule has 0 aliphatic carbocycles. The largest absolute Gasteiger partial charge is 0.486 e. The fraction of sp³-hybridized carbons (Fsp3) is 0.300. The maximum Gasteiger partial charge on any atom is 0.125 e. The van der Waals surface area contributed by atoms with E-state index in [1.165, 1.54) is 11.1 Å². The summed E-state index contributed by atoms with van der Waals surface area (Å²) < 4.78 is 6.19. The van der Waals surface area contributed by atoms with Crippen molar-refractivity contribution in [3.63, 3.8) is 0 Å². The van der Waals surface area contributed by atoms with Gasteiger partial charge in [-0.25, -0.2) is 0 Å². The topological polar surface area (TPSA) is 41.5 Å². The molecule has 0 saturated heterocycles. The molecule has 1 unspecified atom stereocenters. The van der Waals surface area contributed by atoms with Crippen LogP contribution in [0.25, 0.3) is 0 Å². The molecule has 3 heteroatoms. The molecular weight excluding hydrogens is 286 g/mol. The minimum absolute atomic E-state index is 0.0452. The fourth-order valence-corrected chi connectivity index (χ4v) is 2.40. The van der Waals surface area contributed by atoms with Gasteiger partial charge in [0.15, 0.2) is 0 Å². The van der Waals surface area contributed by atoms with Crippen molar-refractivity contribution in [1.29, 1.82) is 0 Å². The van der Waals surface area contributed by atoms with Gasteiger partial charge in [-0.15, -0.1) is 0 Å². The lowest BCUT2D eigenvalue weighted by Crippen LogP contribution is -2.16. The SMILES string of the molecule is CNCCC(Oc1ccc(C/C=C/CO)cc1)c1ccccc1. The standard InChI is InChI=1S/C20H25NO2/c1-21-15-14-20(18-8-3-2-4-9-18)23-19-12-10-17(11-13-19)7-5-6-16-22/h2-6,8-13,20-22H,7,14-16H2,1H3/b6-5+. The third-order valence-electron chi connectivity index (χ3n) is 3.66. The molecule has 0 fully saturated rings. The van der Waals surface area contributed by atoms with Gasteiger partial charge >= 0.3 is 0 Å². The summed E-state index contributed by atoms with van der Waals surface area (Å²) in [5.74, 6) is 0.879. The Kier molecular flexibility index (Phi) is 7.37. The first-order valence-corrected chi connectivity index (χ1v) is 8.04. The molecule has 0 amide bonds. The van der Waals surface area contributed by atoms with Crippen LogP contribution in [0, 0.1) is 0 Å². The van der Waals surface area contributed by atoms with Crippen LogP contribution in [-0.4, -0.2) is 25.3 Å². The summed E-state index contributed by atoms with van der Waals surface area (Å²) in [4.78, 5) is 0. The fourth-order valence-electron chi connectivity index (χ4n) is 2.40. The van der Waals surface area contributed by atoms with E-state index in [0.29, 0.717) is 0 Å². The molecule has 2 N–H and O–H groups in total. The Balaban J connectivity index is 2.02. The lowest BCUT2D eigenvalue weighted by Gasteiger charge is -2.20. The Labute approximate surface area is 138 Å². The third-order valence-corrected chi connectivity index (χ3v) is 3.66. The molecule has 0 spiro atoms. The number of allylic oxidation sites excluding steroid dienone is 1. The van der Waals surface area contributed by atoms with Crippen molar-refractivity contribution in [3.05, 3.63) is 77.9 Å². The number of hydrogen-bond donors (Lipinski definition) is 2. The number of aliphatic hydroxyl groups is 1. The quantitative estimate of drug-likeness (QED) is 0.696. The summed E-state index contributed by atoms with van der Waals surface area (Å²) in [5, 5.41) is 11.9. The summed E-state index contributed by atoms with van der Waals surface area (Å²) in [6.45, 7) is 0.995. The number of hydrogen-bond acceptors (Lipinski definition) is 3. The maximum absolute atomic E-state index is 8.75. The van der Waals surface area contributed by atoms with Gasteiger partial charge in [-0.05, 0) is 43.3 Å². The van der Waals surface area contributed by atoms with Crippen molar-refractivity contribution < 1.29 is 9.84 Å². The number of nitrogens with one attached hydrogen (secondary N) is 1. The minimum atomic E-state index is 0.0452. The first kappa shape index (κ1) is 17.3. The van der Waals surface area contributed by atoms with E-state index in [1.807, 2.05) is 43.5 Å². The lowest BCUT2D eigenvalue weighted by atomic mass is 10.1. The first-order valence-electron chi connectivity index (χ1n) is 8.04. The number of ether oxygens (including phenoxy) is 1. The smallest absolute Gasteiger partial charge is 0.125 e. The molecular formula is C20H25NO2. The molecule has 0 aliphatic heterocycles. The van der Waals surface area contributed by atoms with Crippen LogP contribution in [0.15, 0.2) is 66.7 Å². The predicted molar refractivity (Wildman–Crippen MR) is 94.7 cm³/mol. The van der Waals surface area contributed by atoms with Crippen LogP contribution in [-0.2, 0) is 6.42 Å². The molecule has 0 aliphatic rings. The van der Waals surface area contributed by atoms with Crippen molar-refractivity contribution in [2.45, 2.75) is 18.9 Å². The second-order valence-corrected chi connectivity index (χ2v) is 5.41. The zero-order valence-electron chi connectivity index (χ0n) is 13.6. The molecule has 3 nitrogen and oxygen atoms in total. The Hall–Kier alpha value is -2.10. The number of rotatable bonds is 9. The molecule has 0 bridgehead atoms. The van der Waals surface area contributed by atoms with E-state index in [0.717, 1.165) is 25.1 Å². The normalized spacial score (nSPS) is 12.4. The van der Waals surface area contributed by atoms with Crippen molar-refractivity contribution in [2.75, 3.05) is 20.2 Å². The summed E-state index contributed by atoms with van der Waals surface area (Å²) in [6.07, 6.45) is 5.51. The van der Waals surface area contributed by atoms with Gasteiger partial charge in [-0.3, -0.25) is 0 Å². The molecule has 1 atom stereocenters. The van der Waals surface area contributed by atoms with Crippen molar-refractivity contribution >= 4 is 0 Å². The van der Waals surface area contributed by atoms with Crippen LogP contribution in [0.5, 0.6) is 5.75 Å². The van der Waals surface area contributed by atoms with Gasteiger partial charge in [0.2, 0.25) is 0 Å². The average Bonchev–Trinajstić information content (AvgIpc) is 2.61. The van der Waals surface area contributed by atoms with Gasteiger partial charge in [0, 0.05) is 6.42 Å². The van der Waals surface area contributed by atoms with Crippen LogP contribution >= 0.6 is 0 Å². The van der Waals surface area contributed by atoms with Gasteiger partial charge in [0.05, 0.1) is 6.61 Å². The predicted octanol–water partition coefficient (Wildman–Crippen LogP) is 3.51. The molecule has 0 radical (unpaired) electrons. The highest BCUT2D eigenvalue weighted by atomic mass is 16.5. The second-order valence-electron chi connectivity index (χ2n) is 5.41. The highest BCUT2D eigenvalue weighted by molar-refractivity contribution is 5.29. The highest BCUT2D eigenvalue weighted by Gasteiger charge is 2.12. The van der Waals surface area contributed by atoms with Crippen LogP contribution in [0.4, 0.5) is 0 Å². The van der Waals surface area contributed by atoms with Gasteiger partial charge in [-0.2, -0.15) is 0 Å². The van der Waals surface area contributed by atoms with E-state index in [4.69, 9.17) is 9.84 Å². The molecule has 2 rings (SSSR count). The van der Waals surface area contributed by atoms with E-state index in [1.54, 1.807) is 6.08 Å². The highest BCUT2D eigenvalue weighted by Crippen LogP contribution is 2.25. The van der Waals surface area contributed by atoms with Crippen molar-refractivity contribution in [2.24, 2.45) is 0 Å². The van der Waals surface area contributed by atoms with E-state index in [9.17, 15) is 0 Å². The van der Waals surface area contributed by atoms with Gasteiger partial charge in [0.25, 0.3) is 0 Å². The van der Waals surface area contributed by atoms with Crippen molar-refractivity contribution in [3.8, 4) is 5.75 Å². The van der Waals surface area contributed by atoms with Gasteiger partial charge in [0.1, 0.15) is 11.9 Å². The number of aliphatic hydroxyl groups excluding tert-OH is 1. The molecule has 23 heavy (non-hydrogen) atoms. The Bertz CT molecular complexity index is 578. The molecule has 0 saturated carbocycles. The summed E-state index contributed by atoms with van der Waals surface area (Å²) in [6, 6.07) is 18.5. The van der Waals surface area contributed by atoms with E-state index in [-0.39, 0.29) is 12.7 Å². The Morgan fingerprint density at radius 2 is 1.78 bits per heavy atom. The van der Waals surface area contributed by atoms with Gasteiger partial charge < -0.3 is 15.2 Å². The average molecular weight is 311 g/mol. The summed E-state index contributed by atoms with van der Waals surface area (Å²) in [5.41, 5.74) is 2.39. The molecule has 2 aromatic rings. The Morgan fingerprint density at radius 1 is 1.04 bits per heavy atom. The van der Waals surface area contributed by atoms with Crippen LogP contribution in [0.2, 0.25) is 0 Å². The van der Waals surface area contributed by atoms with Gasteiger partial charge in [-0.1, -0.05) is 54.6 Å². The summed E-state index contributed by atoms with van der Waals surface area (Å²) in [7, 11) is 1.96. The molecule has 0 heterocycles. The van der Waals surface area contributed by atoms with E-state index < -0.39 is 0 Å². The van der Waals surface area contributed by atoms with Crippen LogP contribution < -0.4 is 10.1 Å². The monoisotopic (exact) mass is 311 g/mol. The zero-order chi connectivity index (χ0) is 16.3. The van der Waals surface area contributed by atoms with Crippen LogP contribution in [0.1, 0.15) is 23.7 Å². The van der Waals surface area contributed by atoms with E-state index in [2.05, 4.69) is 29.6 Å². The molecule has 0 aromatic heterocycles. The van der Waals surface area contributed by atoms with Crippen molar-refractivity contribution in [1.82, 2.24) is 5.32 Å². The van der Waals surface area contributed by atoms with E-state index >= 15 is 0 Å². The molecule has 2 aromatic carbocycles. The minimum Gasteiger partial charge on any atom is -0.486 e. The third kappa shape index (κ3) is 5.89. The molecule has 122 valence electrons. The zero-order valence-corrected chi connectivity index (χ0v) is 13.6. The maximum atomic E-state index is 8.75. The first-order chi connectivity index (χ1) is 11.3. The van der Waals surface area contributed by atoms with Crippen LogP contribution in [0.3, 0.4) is 0 Å². The second kappa shape index (κ2) is 9.82.